The largest absolute Gasteiger partial charge is 0.354 e. The molecule has 41 heavy (non-hydrogen) atoms. The van der Waals surface area contributed by atoms with Crippen molar-refractivity contribution in [1.82, 2.24) is 0 Å². The van der Waals surface area contributed by atoms with E-state index >= 15 is 0 Å². The Morgan fingerprint density at radius 1 is 0.585 bits per heavy atom. The van der Waals surface area contributed by atoms with Crippen LogP contribution < -0.4 is 5.32 Å². The minimum Gasteiger partial charge on any atom is -0.354 e. The first-order chi connectivity index (χ1) is 19.9. The molecule has 0 saturated carbocycles. The fourth-order valence-electron chi connectivity index (χ4n) is 6.44. The maximum absolute atomic E-state index is 3.87. The first-order valence-electron chi connectivity index (χ1n) is 15.3. The SMILES string of the molecule is CCC(C)C(C)c1cccc2ccc(-c3cccc(Nc4c5ccccc5c(CC(C)C)c5ccccc45)c3)cc12. The lowest BCUT2D eigenvalue weighted by atomic mass is 9.84. The van der Waals surface area contributed by atoms with E-state index in [-0.39, 0.29) is 0 Å². The Kier molecular flexibility index (Phi) is 7.54. The molecule has 6 aromatic carbocycles. The Morgan fingerprint density at radius 3 is 1.88 bits per heavy atom. The summed E-state index contributed by atoms with van der Waals surface area (Å²) < 4.78 is 0. The molecule has 0 aliphatic carbocycles. The van der Waals surface area contributed by atoms with Crippen LogP contribution in [0.4, 0.5) is 11.4 Å². The minimum atomic E-state index is 0.521. The van der Waals surface area contributed by atoms with Gasteiger partial charge >= 0.3 is 0 Å². The van der Waals surface area contributed by atoms with Gasteiger partial charge in [0.15, 0.2) is 0 Å². The molecule has 1 nitrogen and oxygen atoms in total. The molecule has 2 atom stereocenters. The average Bonchev–Trinajstić information content (AvgIpc) is 3.01. The smallest absolute Gasteiger partial charge is 0.0543 e. The number of hydrogen-bond donors (Lipinski definition) is 1. The summed E-state index contributed by atoms with van der Waals surface area (Å²) in [7, 11) is 0. The van der Waals surface area contributed by atoms with Gasteiger partial charge in [-0.05, 0) is 86.2 Å². The predicted octanol–water partition coefficient (Wildman–Crippen LogP) is 11.9. The molecular formula is C40H41N. The van der Waals surface area contributed by atoms with Crippen LogP contribution in [0.25, 0.3) is 43.4 Å². The maximum Gasteiger partial charge on any atom is 0.0543 e. The van der Waals surface area contributed by atoms with E-state index in [4.69, 9.17) is 0 Å². The Hall–Kier alpha value is -4.10. The van der Waals surface area contributed by atoms with Crippen molar-refractivity contribution >= 4 is 43.7 Å². The Labute approximate surface area is 245 Å². The fourth-order valence-corrected chi connectivity index (χ4v) is 6.44. The summed E-state index contributed by atoms with van der Waals surface area (Å²) in [6, 6.07) is 40.4. The lowest BCUT2D eigenvalue weighted by Crippen LogP contribution is -2.05. The summed E-state index contributed by atoms with van der Waals surface area (Å²) in [5.74, 6) is 1.76. The van der Waals surface area contributed by atoms with Crippen LogP contribution in [0.2, 0.25) is 0 Å². The van der Waals surface area contributed by atoms with E-state index in [9.17, 15) is 0 Å². The van der Waals surface area contributed by atoms with Gasteiger partial charge in [0.1, 0.15) is 0 Å². The molecule has 0 radical (unpaired) electrons. The highest BCUT2D eigenvalue weighted by atomic mass is 14.9. The molecule has 206 valence electrons. The van der Waals surface area contributed by atoms with E-state index in [0.29, 0.717) is 17.8 Å². The van der Waals surface area contributed by atoms with Gasteiger partial charge in [-0.1, -0.05) is 132 Å². The number of nitrogens with one attached hydrogen (secondary N) is 1. The third kappa shape index (κ3) is 5.22. The third-order valence-electron chi connectivity index (χ3n) is 9.02. The molecule has 0 aliphatic heterocycles. The standard InChI is InChI=1S/C40H41N/c1-6-27(4)28(5)33-20-12-13-29-21-22-31(25-38(29)33)30-14-11-15-32(24-30)41-40-36-18-9-7-16-34(36)39(23-26(2)3)35-17-8-10-19-37(35)40/h7-22,24-28,41H,6,23H2,1-5H3. The first-order valence-corrected chi connectivity index (χ1v) is 15.3. The van der Waals surface area contributed by atoms with Crippen molar-refractivity contribution in [1.29, 1.82) is 0 Å². The molecular weight excluding hydrogens is 494 g/mol. The van der Waals surface area contributed by atoms with E-state index in [1.54, 1.807) is 0 Å². The van der Waals surface area contributed by atoms with Gasteiger partial charge < -0.3 is 5.32 Å². The van der Waals surface area contributed by atoms with Gasteiger partial charge in [0.2, 0.25) is 0 Å². The molecule has 0 saturated heterocycles. The lowest BCUT2D eigenvalue weighted by Gasteiger charge is -2.21. The molecule has 0 spiro atoms. The van der Waals surface area contributed by atoms with Crippen molar-refractivity contribution in [3.05, 3.63) is 120 Å². The summed E-state index contributed by atoms with van der Waals surface area (Å²) in [6.45, 7) is 11.6. The Balaban J connectivity index is 1.44. The summed E-state index contributed by atoms with van der Waals surface area (Å²) >= 11 is 0. The molecule has 0 amide bonds. The number of hydrogen-bond acceptors (Lipinski definition) is 1. The zero-order chi connectivity index (χ0) is 28.5. The number of anilines is 2. The lowest BCUT2D eigenvalue weighted by molar-refractivity contribution is 0.475. The summed E-state index contributed by atoms with van der Waals surface area (Å²) in [6.07, 6.45) is 2.25. The van der Waals surface area contributed by atoms with Gasteiger partial charge in [-0.15, -0.1) is 0 Å². The van der Waals surface area contributed by atoms with Gasteiger partial charge in [0.25, 0.3) is 0 Å². The zero-order valence-electron chi connectivity index (χ0n) is 25.0. The molecule has 0 fully saturated rings. The summed E-state index contributed by atoms with van der Waals surface area (Å²) in [5.41, 5.74) is 7.68. The Bertz CT molecular complexity index is 1790. The highest BCUT2D eigenvalue weighted by Crippen LogP contribution is 2.40. The van der Waals surface area contributed by atoms with Crippen LogP contribution in [0.5, 0.6) is 0 Å². The van der Waals surface area contributed by atoms with Crippen LogP contribution in [-0.4, -0.2) is 0 Å². The first kappa shape index (κ1) is 27.1. The van der Waals surface area contributed by atoms with Crippen molar-refractivity contribution in [3.63, 3.8) is 0 Å². The molecule has 2 unspecified atom stereocenters. The van der Waals surface area contributed by atoms with Crippen molar-refractivity contribution in [3.8, 4) is 11.1 Å². The molecule has 0 heterocycles. The maximum atomic E-state index is 3.87. The topological polar surface area (TPSA) is 12.0 Å². The number of benzene rings is 6. The highest BCUT2D eigenvalue weighted by Gasteiger charge is 2.17. The molecule has 6 rings (SSSR count). The van der Waals surface area contributed by atoms with E-state index < -0.39 is 0 Å². The van der Waals surface area contributed by atoms with Crippen LogP contribution in [0.15, 0.2) is 109 Å². The van der Waals surface area contributed by atoms with Crippen LogP contribution in [0, 0.1) is 11.8 Å². The highest BCUT2D eigenvalue weighted by molar-refractivity contribution is 6.14. The summed E-state index contributed by atoms with van der Waals surface area (Å²) in [5, 5.41) is 11.8. The second-order valence-corrected chi connectivity index (χ2v) is 12.2. The van der Waals surface area contributed by atoms with E-state index in [1.165, 1.54) is 66.7 Å². The normalized spacial score (nSPS) is 13.2. The van der Waals surface area contributed by atoms with Gasteiger partial charge in [-0.3, -0.25) is 0 Å². The van der Waals surface area contributed by atoms with Crippen LogP contribution in [0.1, 0.15) is 58.1 Å². The molecule has 6 aromatic rings. The second kappa shape index (κ2) is 11.4. The average molecular weight is 536 g/mol. The van der Waals surface area contributed by atoms with Gasteiger partial charge in [-0.2, -0.15) is 0 Å². The molecule has 0 aromatic heterocycles. The van der Waals surface area contributed by atoms with Gasteiger partial charge in [0.05, 0.1) is 5.69 Å². The van der Waals surface area contributed by atoms with Crippen LogP contribution in [0.3, 0.4) is 0 Å². The van der Waals surface area contributed by atoms with Crippen molar-refractivity contribution in [2.45, 2.75) is 53.4 Å². The number of fused-ring (bicyclic) bond motifs is 3. The van der Waals surface area contributed by atoms with Crippen molar-refractivity contribution in [2.24, 2.45) is 11.8 Å². The van der Waals surface area contributed by atoms with E-state index in [2.05, 4.69) is 149 Å². The molecule has 0 aliphatic rings. The summed E-state index contributed by atoms with van der Waals surface area (Å²) in [4.78, 5) is 0. The second-order valence-electron chi connectivity index (χ2n) is 12.2. The quantitative estimate of drug-likeness (QED) is 0.191. The minimum absolute atomic E-state index is 0.521. The fraction of sp³-hybridized carbons (Fsp3) is 0.250. The van der Waals surface area contributed by atoms with Gasteiger partial charge in [0, 0.05) is 16.5 Å². The van der Waals surface area contributed by atoms with Crippen LogP contribution >= 0.6 is 0 Å². The van der Waals surface area contributed by atoms with E-state index in [0.717, 1.165) is 12.1 Å². The van der Waals surface area contributed by atoms with Crippen LogP contribution in [-0.2, 0) is 6.42 Å². The molecule has 1 N–H and O–H groups in total. The van der Waals surface area contributed by atoms with Crippen molar-refractivity contribution in [2.75, 3.05) is 5.32 Å². The third-order valence-corrected chi connectivity index (χ3v) is 9.02. The predicted molar refractivity (Wildman–Crippen MR) is 181 cm³/mol. The molecule has 0 bridgehead atoms. The van der Waals surface area contributed by atoms with Crippen molar-refractivity contribution < 1.29 is 0 Å². The Morgan fingerprint density at radius 2 is 1.22 bits per heavy atom. The van der Waals surface area contributed by atoms with E-state index in [1.807, 2.05) is 0 Å². The monoisotopic (exact) mass is 535 g/mol. The van der Waals surface area contributed by atoms with Gasteiger partial charge in [-0.25, -0.2) is 0 Å². The zero-order valence-corrected chi connectivity index (χ0v) is 25.0. The number of rotatable bonds is 8. The molecule has 1 heteroatoms.